The number of aliphatic carboxylic acids is 1. The Morgan fingerprint density at radius 2 is 2.14 bits per heavy atom. The van der Waals surface area contributed by atoms with Crippen LogP contribution in [0.25, 0.3) is 0 Å². The average molecular weight is 290 g/mol. The molecule has 1 aromatic rings. The first-order valence-electron chi connectivity index (χ1n) is 7.42. The summed E-state index contributed by atoms with van der Waals surface area (Å²) in [5, 5.41) is 11.8. The van der Waals surface area contributed by atoms with Crippen molar-refractivity contribution in [2.24, 2.45) is 5.92 Å². The first kappa shape index (κ1) is 15.4. The van der Waals surface area contributed by atoms with Gasteiger partial charge in [0, 0.05) is 18.3 Å². The molecule has 2 rings (SSSR count). The van der Waals surface area contributed by atoms with Gasteiger partial charge in [0.25, 0.3) is 0 Å². The van der Waals surface area contributed by atoms with Gasteiger partial charge in [-0.3, -0.25) is 9.69 Å². The largest absolute Gasteiger partial charge is 0.481 e. The molecule has 1 aromatic carbocycles. The number of nitrogens with one attached hydrogen (secondary N) is 1. The van der Waals surface area contributed by atoms with Crippen molar-refractivity contribution in [3.63, 3.8) is 0 Å². The zero-order chi connectivity index (χ0) is 15.4. The number of aryl methyl sites for hydroxylation is 1. The monoisotopic (exact) mass is 290 g/mol. The van der Waals surface area contributed by atoms with Crippen molar-refractivity contribution in [3.8, 4) is 0 Å². The minimum absolute atomic E-state index is 0.116. The molecule has 2 N–H and O–H groups in total. The van der Waals surface area contributed by atoms with Gasteiger partial charge in [0.05, 0.1) is 5.92 Å². The molecule has 0 saturated heterocycles. The second-order valence-electron chi connectivity index (χ2n) is 5.52. The SMILES string of the molecule is CCC(CNC(=O)N1c2ccccc2CCC1C)C(=O)O. The van der Waals surface area contributed by atoms with Crippen LogP contribution in [0.5, 0.6) is 0 Å². The number of urea groups is 1. The Kier molecular flexibility index (Phi) is 4.83. The minimum Gasteiger partial charge on any atom is -0.481 e. The number of para-hydroxylation sites is 1. The second kappa shape index (κ2) is 6.61. The maximum absolute atomic E-state index is 12.4. The van der Waals surface area contributed by atoms with Crippen LogP contribution in [0.15, 0.2) is 24.3 Å². The van der Waals surface area contributed by atoms with E-state index in [0.29, 0.717) is 6.42 Å². The van der Waals surface area contributed by atoms with Crippen LogP contribution in [0, 0.1) is 5.92 Å². The van der Waals surface area contributed by atoms with Gasteiger partial charge in [0.2, 0.25) is 0 Å². The van der Waals surface area contributed by atoms with Crippen molar-refractivity contribution in [3.05, 3.63) is 29.8 Å². The summed E-state index contributed by atoms with van der Waals surface area (Å²) < 4.78 is 0. The quantitative estimate of drug-likeness (QED) is 0.895. The van der Waals surface area contributed by atoms with Crippen molar-refractivity contribution in [2.45, 2.75) is 39.2 Å². The molecule has 2 atom stereocenters. The molecular formula is C16H22N2O3. The standard InChI is InChI=1S/C16H22N2O3/c1-3-12(15(19)20)10-17-16(21)18-11(2)8-9-13-6-4-5-7-14(13)18/h4-7,11-12H,3,8-10H2,1-2H3,(H,17,21)(H,19,20). The number of anilines is 1. The number of carboxylic acids is 1. The van der Waals surface area contributed by atoms with Gasteiger partial charge in [-0.15, -0.1) is 0 Å². The molecule has 21 heavy (non-hydrogen) atoms. The summed E-state index contributed by atoms with van der Waals surface area (Å²) in [6.07, 6.45) is 2.39. The second-order valence-corrected chi connectivity index (χ2v) is 5.52. The van der Waals surface area contributed by atoms with E-state index in [0.717, 1.165) is 24.1 Å². The van der Waals surface area contributed by atoms with E-state index in [4.69, 9.17) is 5.11 Å². The van der Waals surface area contributed by atoms with Crippen LogP contribution in [0.3, 0.4) is 0 Å². The molecule has 1 heterocycles. The molecule has 0 aliphatic carbocycles. The number of nitrogens with zero attached hydrogens (tertiary/aromatic N) is 1. The third-order valence-corrected chi connectivity index (χ3v) is 4.08. The maximum atomic E-state index is 12.4. The Balaban J connectivity index is 2.10. The first-order valence-corrected chi connectivity index (χ1v) is 7.42. The summed E-state index contributed by atoms with van der Waals surface area (Å²) in [6.45, 7) is 3.99. The first-order chi connectivity index (χ1) is 10.0. The lowest BCUT2D eigenvalue weighted by atomic mass is 9.97. The van der Waals surface area contributed by atoms with Gasteiger partial charge >= 0.3 is 12.0 Å². The Labute approximate surface area is 125 Å². The normalized spacial score (nSPS) is 18.8. The number of rotatable bonds is 4. The molecule has 2 unspecified atom stereocenters. The number of fused-ring (bicyclic) bond motifs is 1. The van der Waals surface area contributed by atoms with E-state index in [9.17, 15) is 9.59 Å². The van der Waals surface area contributed by atoms with Crippen molar-refractivity contribution in [1.82, 2.24) is 5.32 Å². The zero-order valence-corrected chi connectivity index (χ0v) is 12.5. The maximum Gasteiger partial charge on any atom is 0.322 e. The van der Waals surface area contributed by atoms with E-state index in [1.807, 2.05) is 38.1 Å². The van der Waals surface area contributed by atoms with E-state index in [-0.39, 0.29) is 18.6 Å². The zero-order valence-electron chi connectivity index (χ0n) is 12.5. The van der Waals surface area contributed by atoms with Gasteiger partial charge in [-0.25, -0.2) is 4.79 Å². The highest BCUT2D eigenvalue weighted by atomic mass is 16.4. The molecule has 0 radical (unpaired) electrons. The molecule has 1 aliphatic rings. The summed E-state index contributed by atoms with van der Waals surface area (Å²) >= 11 is 0. The molecule has 2 amide bonds. The summed E-state index contributed by atoms with van der Waals surface area (Å²) in [5.74, 6) is -1.41. The molecule has 114 valence electrons. The van der Waals surface area contributed by atoms with Crippen LogP contribution in [-0.4, -0.2) is 29.7 Å². The Morgan fingerprint density at radius 1 is 1.43 bits per heavy atom. The number of carboxylic acid groups (broad SMARTS) is 1. The fraction of sp³-hybridized carbons (Fsp3) is 0.500. The van der Waals surface area contributed by atoms with Crippen LogP contribution in [0.4, 0.5) is 10.5 Å². The summed E-state index contributed by atoms with van der Waals surface area (Å²) in [6, 6.07) is 7.78. The lowest BCUT2D eigenvalue weighted by Crippen LogP contribution is -2.49. The van der Waals surface area contributed by atoms with Crippen LogP contribution >= 0.6 is 0 Å². The van der Waals surface area contributed by atoms with Gasteiger partial charge in [0.15, 0.2) is 0 Å². The van der Waals surface area contributed by atoms with E-state index in [1.54, 1.807) is 4.90 Å². The van der Waals surface area contributed by atoms with E-state index in [1.165, 1.54) is 0 Å². The van der Waals surface area contributed by atoms with Gasteiger partial charge in [0.1, 0.15) is 0 Å². The molecule has 0 bridgehead atoms. The van der Waals surface area contributed by atoms with Crippen LogP contribution in [-0.2, 0) is 11.2 Å². The number of amides is 2. The third-order valence-electron chi connectivity index (χ3n) is 4.08. The molecule has 0 fully saturated rings. The van der Waals surface area contributed by atoms with Gasteiger partial charge in [-0.1, -0.05) is 25.1 Å². The van der Waals surface area contributed by atoms with Crippen LogP contribution in [0.1, 0.15) is 32.3 Å². The highest BCUT2D eigenvalue weighted by Crippen LogP contribution is 2.30. The topological polar surface area (TPSA) is 69.6 Å². The summed E-state index contributed by atoms with van der Waals surface area (Å²) in [4.78, 5) is 25.2. The molecule has 5 nitrogen and oxygen atoms in total. The molecule has 1 aliphatic heterocycles. The van der Waals surface area contributed by atoms with Gasteiger partial charge in [-0.05, 0) is 37.8 Å². The molecule has 5 heteroatoms. The van der Waals surface area contributed by atoms with Crippen molar-refractivity contribution >= 4 is 17.7 Å². The smallest absolute Gasteiger partial charge is 0.322 e. The predicted octanol–water partition coefficient (Wildman–Crippen LogP) is 2.65. The number of hydrogen-bond donors (Lipinski definition) is 2. The molecule has 0 saturated carbocycles. The lowest BCUT2D eigenvalue weighted by Gasteiger charge is -2.35. The Morgan fingerprint density at radius 3 is 2.81 bits per heavy atom. The number of hydrogen-bond acceptors (Lipinski definition) is 2. The van der Waals surface area contributed by atoms with E-state index < -0.39 is 11.9 Å². The highest BCUT2D eigenvalue weighted by Gasteiger charge is 2.28. The van der Waals surface area contributed by atoms with Gasteiger partial charge < -0.3 is 10.4 Å². The fourth-order valence-electron chi connectivity index (χ4n) is 2.70. The van der Waals surface area contributed by atoms with Gasteiger partial charge in [-0.2, -0.15) is 0 Å². The van der Waals surface area contributed by atoms with E-state index >= 15 is 0 Å². The van der Waals surface area contributed by atoms with Crippen LogP contribution in [0.2, 0.25) is 0 Å². The number of carbonyl (C=O) groups excluding carboxylic acids is 1. The van der Waals surface area contributed by atoms with Crippen molar-refractivity contribution < 1.29 is 14.7 Å². The highest BCUT2D eigenvalue weighted by molar-refractivity contribution is 5.94. The Bertz CT molecular complexity index is 530. The third kappa shape index (κ3) is 3.35. The Hall–Kier alpha value is -2.04. The van der Waals surface area contributed by atoms with Crippen molar-refractivity contribution in [2.75, 3.05) is 11.4 Å². The molecule has 0 spiro atoms. The van der Waals surface area contributed by atoms with E-state index in [2.05, 4.69) is 5.32 Å². The lowest BCUT2D eigenvalue weighted by molar-refractivity contribution is -0.141. The number of benzene rings is 1. The summed E-state index contributed by atoms with van der Waals surface area (Å²) in [5.41, 5.74) is 2.09. The fourth-order valence-corrected chi connectivity index (χ4v) is 2.70. The average Bonchev–Trinajstić information content (AvgIpc) is 2.47. The van der Waals surface area contributed by atoms with Crippen molar-refractivity contribution in [1.29, 1.82) is 0 Å². The summed E-state index contributed by atoms with van der Waals surface area (Å²) in [7, 11) is 0. The number of carbonyl (C=O) groups is 2. The molecular weight excluding hydrogens is 268 g/mol. The van der Waals surface area contributed by atoms with Crippen LogP contribution < -0.4 is 10.2 Å². The predicted molar refractivity (Wildman–Crippen MR) is 81.5 cm³/mol. The minimum atomic E-state index is -0.870. The molecule has 0 aromatic heterocycles.